The number of benzene rings is 1. The quantitative estimate of drug-likeness (QED) is 0.738. The summed E-state index contributed by atoms with van der Waals surface area (Å²) < 4.78 is 26.5. The van der Waals surface area contributed by atoms with Gasteiger partial charge in [-0.3, -0.25) is 4.79 Å². The van der Waals surface area contributed by atoms with Gasteiger partial charge in [0.2, 0.25) is 10.0 Å². The molecular weight excluding hydrogens is 334 g/mol. The van der Waals surface area contributed by atoms with E-state index >= 15 is 0 Å². The van der Waals surface area contributed by atoms with Crippen molar-refractivity contribution >= 4 is 33.0 Å². The number of thiophene rings is 1. The Morgan fingerprint density at radius 3 is 2.61 bits per heavy atom. The predicted octanol–water partition coefficient (Wildman–Crippen LogP) is 1.85. The smallest absolute Gasteiger partial charge is 0.265 e. The van der Waals surface area contributed by atoms with Crippen LogP contribution in [0.5, 0.6) is 0 Å². The average Bonchev–Trinajstić information content (AvgIpc) is 2.85. The van der Waals surface area contributed by atoms with Crippen LogP contribution >= 0.6 is 11.3 Å². The summed E-state index contributed by atoms with van der Waals surface area (Å²) in [5.74, 6) is -0.254. The first-order chi connectivity index (χ1) is 10.8. The molecule has 0 spiro atoms. The molecule has 0 aliphatic rings. The molecule has 0 fully saturated rings. The number of hydrogen-bond donors (Lipinski definition) is 3. The summed E-state index contributed by atoms with van der Waals surface area (Å²) in [5, 5.41) is 2.72. The van der Waals surface area contributed by atoms with Gasteiger partial charge in [0.1, 0.15) is 0 Å². The minimum Gasteiger partial charge on any atom is -0.329 e. The third-order valence-corrected chi connectivity index (χ3v) is 5.84. The van der Waals surface area contributed by atoms with Gasteiger partial charge in [0, 0.05) is 23.7 Å². The van der Waals surface area contributed by atoms with Gasteiger partial charge in [-0.05, 0) is 43.7 Å². The van der Waals surface area contributed by atoms with Crippen molar-refractivity contribution in [3.63, 3.8) is 0 Å². The summed E-state index contributed by atoms with van der Waals surface area (Å²) in [7, 11) is -3.63. The molecule has 0 atom stereocenters. The van der Waals surface area contributed by atoms with Crippen LogP contribution in [-0.4, -0.2) is 27.4 Å². The van der Waals surface area contributed by atoms with E-state index in [4.69, 9.17) is 5.73 Å². The van der Waals surface area contributed by atoms with Crippen molar-refractivity contribution in [2.24, 2.45) is 5.73 Å². The number of carbonyl (C=O) groups excluding carboxylic acids is 1. The van der Waals surface area contributed by atoms with E-state index in [1.165, 1.54) is 23.5 Å². The van der Waals surface area contributed by atoms with E-state index in [-0.39, 0.29) is 23.9 Å². The first kappa shape index (κ1) is 17.6. The van der Waals surface area contributed by atoms with Crippen molar-refractivity contribution in [3.05, 3.63) is 45.6 Å². The van der Waals surface area contributed by atoms with Crippen molar-refractivity contribution in [2.75, 3.05) is 18.4 Å². The number of hydrogen-bond acceptors (Lipinski definition) is 5. The molecule has 1 amide bonds. The zero-order chi connectivity index (χ0) is 17.0. The van der Waals surface area contributed by atoms with Crippen molar-refractivity contribution in [3.8, 4) is 0 Å². The Kier molecular flexibility index (Phi) is 5.53. The van der Waals surface area contributed by atoms with Gasteiger partial charge in [-0.15, -0.1) is 11.3 Å². The maximum atomic E-state index is 12.2. The van der Waals surface area contributed by atoms with Gasteiger partial charge < -0.3 is 11.1 Å². The number of nitrogens with two attached hydrogens (primary N) is 1. The lowest BCUT2D eigenvalue weighted by atomic mass is 10.2. The molecule has 124 valence electrons. The lowest BCUT2D eigenvalue weighted by molar-refractivity contribution is 0.103. The maximum absolute atomic E-state index is 12.2. The van der Waals surface area contributed by atoms with Crippen LogP contribution in [-0.2, 0) is 10.0 Å². The fourth-order valence-electron chi connectivity index (χ4n) is 1.90. The van der Waals surface area contributed by atoms with Crippen molar-refractivity contribution in [1.29, 1.82) is 0 Å². The molecule has 1 heterocycles. The van der Waals surface area contributed by atoms with Crippen LogP contribution in [0.1, 0.15) is 20.1 Å². The number of anilines is 1. The summed E-state index contributed by atoms with van der Waals surface area (Å²) in [6.45, 7) is 4.27. The lowest BCUT2D eigenvalue weighted by Crippen LogP contribution is -2.29. The largest absolute Gasteiger partial charge is 0.329 e. The number of rotatable bonds is 6. The molecule has 8 heteroatoms. The molecule has 0 aliphatic heterocycles. The molecule has 4 N–H and O–H groups in total. The third-order valence-electron chi connectivity index (χ3n) is 3.23. The number of nitrogens with one attached hydrogen (secondary N) is 2. The van der Waals surface area contributed by atoms with Crippen LogP contribution in [0, 0.1) is 13.8 Å². The fraction of sp³-hybridized carbons (Fsp3) is 0.267. The first-order valence-electron chi connectivity index (χ1n) is 7.01. The van der Waals surface area contributed by atoms with E-state index < -0.39 is 10.0 Å². The van der Waals surface area contributed by atoms with Gasteiger partial charge in [0.15, 0.2) is 0 Å². The molecule has 0 radical (unpaired) electrons. The Morgan fingerprint density at radius 2 is 2.00 bits per heavy atom. The van der Waals surface area contributed by atoms with Crippen LogP contribution in [0.4, 0.5) is 5.69 Å². The highest BCUT2D eigenvalue weighted by Crippen LogP contribution is 2.22. The Bertz CT molecular complexity index is 794. The minimum atomic E-state index is -3.63. The van der Waals surface area contributed by atoms with Crippen LogP contribution in [0.25, 0.3) is 0 Å². The molecule has 0 saturated carbocycles. The van der Waals surface area contributed by atoms with E-state index in [1.54, 1.807) is 12.1 Å². The van der Waals surface area contributed by atoms with Gasteiger partial charge in [0.05, 0.1) is 9.77 Å². The highest BCUT2D eigenvalue weighted by Gasteiger charge is 2.15. The van der Waals surface area contributed by atoms with Crippen molar-refractivity contribution < 1.29 is 13.2 Å². The number of carbonyl (C=O) groups is 1. The van der Waals surface area contributed by atoms with E-state index in [1.807, 2.05) is 19.9 Å². The molecule has 2 rings (SSSR count). The van der Waals surface area contributed by atoms with E-state index in [2.05, 4.69) is 10.0 Å². The summed E-state index contributed by atoms with van der Waals surface area (Å²) >= 11 is 1.41. The molecule has 1 aromatic heterocycles. The SMILES string of the molecule is Cc1cc(C(=O)Nc2cccc(S(=O)(=O)NCCN)c2)sc1C. The van der Waals surface area contributed by atoms with Crippen LogP contribution in [0.15, 0.2) is 35.2 Å². The topological polar surface area (TPSA) is 101 Å². The molecule has 0 unspecified atom stereocenters. The standard InChI is InChI=1S/C15H19N3O3S2/c1-10-8-14(22-11(10)2)15(19)18-12-4-3-5-13(9-12)23(20,21)17-7-6-16/h3-5,8-9,17H,6-7,16H2,1-2H3,(H,18,19). The second-order valence-corrected chi connectivity index (χ2v) is 8.04. The number of aryl methyl sites for hydroxylation is 2. The second kappa shape index (κ2) is 7.22. The normalized spacial score (nSPS) is 11.4. The molecule has 0 bridgehead atoms. The summed E-state index contributed by atoms with van der Waals surface area (Å²) in [4.78, 5) is 14.0. The number of amides is 1. The highest BCUT2D eigenvalue weighted by atomic mass is 32.2. The van der Waals surface area contributed by atoms with Gasteiger partial charge in [-0.1, -0.05) is 6.07 Å². The number of sulfonamides is 1. The Labute approximate surface area is 139 Å². The predicted molar refractivity (Wildman–Crippen MR) is 92.4 cm³/mol. The average molecular weight is 353 g/mol. The van der Waals surface area contributed by atoms with E-state index in [0.29, 0.717) is 10.6 Å². The molecule has 1 aromatic carbocycles. The molecule has 23 heavy (non-hydrogen) atoms. The Balaban J connectivity index is 2.18. The molecule has 0 saturated heterocycles. The second-order valence-electron chi connectivity index (χ2n) is 5.02. The zero-order valence-corrected chi connectivity index (χ0v) is 14.6. The molecule has 6 nitrogen and oxygen atoms in total. The van der Waals surface area contributed by atoms with Crippen molar-refractivity contribution in [2.45, 2.75) is 18.7 Å². The monoisotopic (exact) mass is 353 g/mol. The van der Waals surface area contributed by atoms with Crippen LogP contribution in [0.3, 0.4) is 0 Å². The first-order valence-corrected chi connectivity index (χ1v) is 9.31. The van der Waals surface area contributed by atoms with Gasteiger partial charge in [-0.25, -0.2) is 13.1 Å². The van der Waals surface area contributed by atoms with Gasteiger partial charge in [-0.2, -0.15) is 0 Å². The zero-order valence-electron chi connectivity index (χ0n) is 12.9. The molecular formula is C15H19N3O3S2. The lowest BCUT2D eigenvalue weighted by Gasteiger charge is -2.08. The summed E-state index contributed by atoms with van der Waals surface area (Å²) in [6, 6.07) is 7.93. The summed E-state index contributed by atoms with van der Waals surface area (Å²) in [5.41, 5.74) is 6.79. The third kappa shape index (κ3) is 4.38. The van der Waals surface area contributed by atoms with Crippen molar-refractivity contribution in [1.82, 2.24) is 4.72 Å². The Morgan fingerprint density at radius 1 is 1.26 bits per heavy atom. The maximum Gasteiger partial charge on any atom is 0.265 e. The molecule has 0 aliphatic carbocycles. The van der Waals surface area contributed by atoms with Crippen LogP contribution in [0.2, 0.25) is 0 Å². The van der Waals surface area contributed by atoms with E-state index in [0.717, 1.165) is 10.4 Å². The van der Waals surface area contributed by atoms with Gasteiger partial charge >= 0.3 is 0 Å². The van der Waals surface area contributed by atoms with Gasteiger partial charge in [0.25, 0.3) is 5.91 Å². The molecule has 2 aromatic rings. The highest BCUT2D eigenvalue weighted by molar-refractivity contribution is 7.89. The van der Waals surface area contributed by atoms with Crippen LogP contribution < -0.4 is 15.8 Å². The van der Waals surface area contributed by atoms with E-state index in [9.17, 15) is 13.2 Å². The Hall–Kier alpha value is -1.74. The summed E-state index contributed by atoms with van der Waals surface area (Å²) in [6.07, 6.45) is 0. The minimum absolute atomic E-state index is 0.0855. The fourth-order valence-corrected chi connectivity index (χ4v) is 3.92.